The van der Waals surface area contributed by atoms with Gasteiger partial charge in [0.1, 0.15) is 5.78 Å². The maximum Gasteiger partial charge on any atom is 1.00 e. The summed E-state index contributed by atoms with van der Waals surface area (Å²) in [5, 5.41) is 8.62. The van der Waals surface area contributed by atoms with Crippen molar-refractivity contribution >= 4 is 5.78 Å². The van der Waals surface area contributed by atoms with Crippen LogP contribution in [-0.2, 0) is 4.79 Å². The molecule has 0 aromatic heterocycles. The monoisotopic (exact) mass is 332 g/mol. The summed E-state index contributed by atoms with van der Waals surface area (Å²) in [5.41, 5.74) is 0. The Kier molecular flexibility index (Phi) is 32.2. The van der Waals surface area contributed by atoms with E-state index in [1.807, 2.05) is 0 Å². The summed E-state index contributed by atoms with van der Waals surface area (Å²) in [7, 11) is 0. The topological polar surface area (TPSA) is 37.3 Å². The molecule has 0 bridgehead atoms. The molecular weight excluding hydrogens is 294 g/mol. The van der Waals surface area contributed by atoms with E-state index in [1.165, 1.54) is 77.0 Å². The minimum atomic E-state index is 0. The molecule has 22 heavy (non-hydrogen) atoms. The number of carbonyl (C=O) groups excluding carboxylic acids is 1. The summed E-state index contributed by atoms with van der Waals surface area (Å²) in [5.74, 6) is 0.218. The van der Waals surface area contributed by atoms with E-state index in [0.717, 1.165) is 6.42 Å². The van der Waals surface area contributed by atoms with Crippen LogP contribution in [0.15, 0.2) is 0 Å². The third-order valence-electron chi connectivity index (χ3n) is 3.95. The van der Waals surface area contributed by atoms with Crippen LogP contribution < -0.4 is 59.1 Å². The van der Waals surface area contributed by atoms with Crippen molar-refractivity contribution in [3.63, 3.8) is 0 Å². The number of carbonyl (C=O) groups is 1. The van der Waals surface area contributed by atoms with Crippen LogP contribution in [0.25, 0.3) is 0 Å². The number of aliphatic hydroxyl groups excluding tert-OH is 1. The zero-order valence-electron chi connectivity index (χ0n) is 17.7. The predicted octanol–water partition coefficient (Wildman–Crippen LogP) is -0.348. The van der Waals surface area contributed by atoms with Crippen molar-refractivity contribution in [1.82, 2.24) is 0 Å². The molecule has 0 amide bonds. The van der Waals surface area contributed by atoms with E-state index >= 15 is 0 Å². The fourth-order valence-corrected chi connectivity index (χ4v) is 2.59. The quantitative estimate of drug-likeness (QED) is 0.310. The summed E-state index contributed by atoms with van der Waals surface area (Å²) in [6.07, 6.45) is 18.4. The van der Waals surface area contributed by atoms with Gasteiger partial charge in [-0.1, -0.05) is 84.0 Å². The van der Waals surface area contributed by atoms with E-state index in [1.54, 1.807) is 0 Å². The number of ketones is 1. The van der Waals surface area contributed by atoms with Crippen molar-refractivity contribution in [2.45, 2.75) is 103 Å². The van der Waals surface area contributed by atoms with Gasteiger partial charge < -0.3 is 7.96 Å². The largest absolute Gasteiger partial charge is 1.00 e. The number of hydrogen-bond donors (Lipinski definition) is 1. The Labute approximate surface area is 186 Å². The van der Waals surface area contributed by atoms with Gasteiger partial charge in [-0.3, -0.25) is 4.79 Å². The summed E-state index contributed by atoms with van der Waals surface area (Å²) in [4.78, 5) is 11.2. The van der Waals surface area contributed by atoms with Crippen LogP contribution in [0.3, 0.4) is 0 Å². The SMILES string of the molecule is CCCCCCCCCCCCCCCC(=O)CCO.[H-].[H-].[Na+].[Na+]. The Balaban J connectivity index is -0.000000301. The normalized spacial score (nSPS) is 9.91. The molecule has 0 unspecified atom stereocenters. The minimum Gasteiger partial charge on any atom is -1.00 e. The molecule has 0 heterocycles. The van der Waals surface area contributed by atoms with Crippen LogP contribution in [0.2, 0.25) is 0 Å². The van der Waals surface area contributed by atoms with Gasteiger partial charge in [-0.2, -0.15) is 0 Å². The Morgan fingerprint density at radius 2 is 1.05 bits per heavy atom. The molecular formula is C18H38Na2O2. The molecule has 0 aliphatic carbocycles. The summed E-state index contributed by atoms with van der Waals surface area (Å²) in [6, 6.07) is 0. The van der Waals surface area contributed by atoms with Crippen molar-refractivity contribution in [2.24, 2.45) is 0 Å². The van der Waals surface area contributed by atoms with Crippen molar-refractivity contribution in [3.8, 4) is 0 Å². The van der Waals surface area contributed by atoms with Gasteiger partial charge in [-0.05, 0) is 6.42 Å². The number of unbranched alkanes of at least 4 members (excludes halogenated alkanes) is 12. The first-order valence-electron chi connectivity index (χ1n) is 8.93. The molecule has 0 fully saturated rings. The first-order chi connectivity index (χ1) is 9.81. The average Bonchev–Trinajstić information content (AvgIpc) is 2.44. The standard InChI is InChI=1S/C18H36O2.2Na.2H/c1-2-3-4-5-6-7-8-9-10-11-12-13-14-15-18(20)16-17-19;;;;/h19H,2-17H2,1H3;;;;/q;2*+1;2*-1. The van der Waals surface area contributed by atoms with E-state index < -0.39 is 0 Å². The fourth-order valence-electron chi connectivity index (χ4n) is 2.59. The molecule has 0 saturated heterocycles. The van der Waals surface area contributed by atoms with Crippen LogP contribution in [0.4, 0.5) is 0 Å². The Bertz CT molecular complexity index is 221. The van der Waals surface area contributed by atoms with Crippen molar-refractivity contribution in [3.05, 3.63) is 0 Å². The maximum atomic E-state index is 11.2. The molecule has 2 nitrogen and oxygen atoms in total. The van der Waals surface area contributed by atoms with E-state index in [2.05, 4.69) is 6.92 Å². The third kappa shape index (κ3) is 23.9. The van der Waals surface area contributed by atoms with Crippen LogP contribution >= 0.6 is 0 Å². The van der Waals surface area contributed by atoms with Crippen LogP contribution in [0, 0.1) is 0 Å². The molecule has 0 spiro atoms. The zero-order valence-corrected chi connectivity index (χ0v) is 19.7. The van der Waals surface area contributed by atoms with Crippen molar-refractivity contribution in [2.75, 3.05) is 6.61 Å². The molecule has 1 N–H and O–H groups in total. The van der Waals surface area contributed by atoms with E-state index in [-0.39, 0.29) is 74.4 Å². The van der Waals surface area contributed by atoms with E-state index in [4.69, 9.17) is 5.11 Å². The fraction of sp³-hybridized carbons (Fsp3) is 0.944. The second-order valence-corrected chi connectivity index (χ2v) is 6.00. The molecule has 0 rings (SSSR count). The second kappa shape index (κ2) is 24.9. The van der Waals surface area contributed by atoms with Gasteiger partial charge in [0.15, 0.2) is 0 Å². The maximum absolute atomic E-state index is 11.2. The molecule has 0 saturated carbocycles. The average molecular weight is 332 g/mol. The van der Waals surface area contributed by atoms with Gasteiger partial charge in [0.2, 0.25) is 0 Å². The first-order valence-corrected chi connectivity index (χ1v) is 8.93. The van der Waals surface area contributed by atoms with Gasteiger partial charge in [-0.25, -0.2) is 0 Å². The van der Waals surface area contributed by atoms with Gasteiger partial charge in [0.25, 0.3) is 0 Å². The molecule has 0 aliphatic heterocycles. The number of hydrogen-bond acceptors (Lipinski definition) is 2. The molecule has 0 atom stereocenters. The Morgan fingerprint density at radius 3 is 1.41 bits per heavy atom. The minimum absolute atomic E-state index is 0. The molecule has 0 aliphatic rings. The van der Waals surface area contributed by atoms with E-state index in [9.17, 15) is 4.79 Å². The molecule has 0 radical (unpaired) electrons. The number of Topliss-reactive ketones (excluding diaryl/α,β-unsaturated/α-hetero) is 1. The second-order valence-electron chi connectivity index (χ2n) is 6.00. The molecule has 124 valence electrons. The van der Waals surface area contributed by atoms with Crippen LogP contribution in [-0.4, -0.2) is 17.5 Å². The molecule has 0 aromatic carbocycles. The smallest absolute Gasteiger partial charge is 1.00 e. The Morgan fingerprint density at radius 1 is 0.682 bits per heavy atom. The van der Waals surface area contributed by atoms with Gasteiger partial charge in [0, 0.05) is 19.4 Å². The van der Waals surface area contributed by atoms with Gasteiger partial charge in [0.05, 0.1) is 0 Å². The van der Waals surface area contributed by atoms with Gasteiger partial charge in [-0.15, -0.1) is 0 Å². The van der Waals surface area contributed by atoms with Crippen molar-refractivity contribution < 1.29 is 71.9 Å². The summed E-state index contributed by atoms with van der Waals surface area (Å²) in [6.45, 7) is 2.28. The van der Waals surface area contributed by atoms with Crippen molar-refractivity contribution in [1.29, 1.82) is 0 Å². The van der Waals surface area contributed by atoms with Crippen LogP contribution in [0.1, 0.15) is 106 Å². The van der Waals surface area contributed by atoms with Crippen LogP contribution in [0.5, 0.6) is 0 Å². The van der Waals surface area contributed by atoms with Gasteiger partial charge >= 0.3 is 59.1 Å². The molecule has 0 aromatic rings. The first kappa shape index (κ1) is 28.4. The Hall–Kier alpha value is 1.63. The molecule has 4 heteroatoms. The predicted molar refractivity (Wildman–Crippen MR) is 89.2 cm³/mol. The number of aliphatic hydroxyl groups is 1. The summed E-state index contributed by atoms with van der Waals surface area (Å²) >= 11 is 0. The third-order valence-corrected chi connectivity index (χ3v) is 3.95. The summed E-state index contributed by atoms with van der Waals surface area (Å²) < 4.78 is 0. The zero-order chi connectivity index (χ0) is 14.9. The number of rotatable bonds is 16. The van der Waals surface area contributed by atoms with E-state index in [0.29, 0.717) is 12.8 Å².